The van der Waals surface area contributed by atoms with E-state index < -0.39 is 17.3 Å². The van der Waals surface area contributed by atoms with Gasteiger partial charge in [0.15, 0.2) is 0 Å². The van der Waals surface area contributed by atoms with Crippen LogP contribution >= 0.6 is 0 Å². The molecule has 3 N–H and O–H groups in total. The Morgan fingerprint density at radius 1 is 1.19 bits per heavy atom. The van der Waals surface area contributed by atoms with Crippen molar-refractivity contribution in [3.8, 4) is 5.75 Å². The van der Waals surface area contributed by atoms with Crippen LogP contribution in [0.2, 0.25) is 0 Å². The van der Waals surface area contributed by atoms with Gasteiger partial charge in [-0.25, -0.2) is 9.18 Å². The smallest absolute Gasteiger partial charge is 0.317 e. The highest BCUT2D eigenvalue weighted by Gasteiger charge is 2.49. The Bertz CT molecular complexity index is 1310. The minimum absolute atomic E-state index is 0.0439. The molecule has 3 heterocycles. The monoisotopic (exact) mass is 508 g/mol. The molecule has 0 bridgehead atoms. The third kappa shape index (κ3) is 4.41. The van der Waals surface area contributed by atoms with Gasteiger partial charge in [0, 0.05) is 59.3 Å². The molecule has 8 nitrogen and oxygen atoms in total. The number of fused-ring (bicyclic) bond motifs is 4. The number of amides is 3. The highest BCUT2D eigenvalue weighted by molar-refractivity contribution is 5.96. The van der Waals surface area contributed by atoms with Gasteiger partial charge in [0.25, 0.3) is 5.91 Å². The summed E-state index contributed by atoms with van der Waals surface area (Å²) in [5, 5.41) is 14.5. The highest BCUT2D eigenvalue weighted by Crippen LogP contribution is 2.49. The number of urea groups is 1. The predicted molar refractivity (Wildman–Crippen MR) is 138 cm³/mol. The van der Waals surface area contributed by atoms with E-state index in [1.807, 2.05) is 36.9 Å². The largest absolute Gasteiger partial charge is 0.497 e. The maximum absolute atomic E-state index is 13.7. The molecule has 0 aliphatic carbocycles. The van der Waals surface area contributed by atoms with Crippen molar-refractivity contribution < 1.29 is 23.8 Å². The van der Waals surface area contributed by atoms with E-state index in [2.05, 4.69) is 10.3 Å². The van der Waals surface area contributed by atoms with Gasteiger partial charge in [0.1, 0.15) is 11.6 Å². The number of halogens is 1. The maximum atomic E-state index is 13.7. The Hall–Kier alpha value is -3.59. The van der Waals surface area contributed by atoms with Gasteiger partial charge in [-0.3, -0.25) is 4.79 Å². The number of rotatable bonds is 4. The molecule has 5 rings (SSSR count). The summed E-state index contributed by atoms with van der Waals surface area (Å²) >= 11 is 0. The zero-order valence-electron chi connectivity index (χ0n) is 21.4. The number of carbonyl (C=O) groups excluding carboxylic acids is 2. The third-order valence-corrected chi connectivity index (χ3v) is 7.69. The van der Waals surface area contributed by atoms with Gasteiger partial charge in [-0.2, -0.15) is 0 Å². The van der Waals surface area contributed by atoms with Crippen LogP contribution in [0.4, 0.5) is 9.18 Å². The fraction of sp³-hybridized carbons (Fsp3) is 0.429. The average molecular weight is 509 g/mol. The predicted octanol–water partition coefficient (Wildman–Crippen LogP) is 3.96. The molecule has 1 atom stereocenters. The SMILES string of the molecule is COc1ccc2c3c([nH]c2c1)[C@@H](CO)N(C(=O)c1ccc(F)cc1)CC31CCN(C(=O)NC(C)C)CC1. The lowest BCUT2D eigenvalue weighted by molar-refractivity contribution is 0.0366. The number of aromatic nitrogens is 1. The van der Waals surface area contributed by atoms with Crippen molar-refractivity contribution in [3.05, 3.63) is 65.1 Å². The number of nitrogens with zero attached hydrogens (tertiary/aromatic N) is 2. The lowest BCUT2D eigenvalue weighted by Crippen LogP contribution is -2.57. The van der Waals surface area contributed by atoms with E-state index in [1.54, 1.807) is 12.0 Å². The summed E-state index contributed by atoms with van der Waals surface area (Å²) in [6, 6.07) is 10.7. The molecule has 0 radical (unpaired) electrons. The first-order chi connectivity index (χ1) is 17.8. The van der Waals surface area contributed by atoms with Crippen LogP contribution in [0.3, 0.4) is 0 Å². The summed E-state index contributed by atoms with van der Waals surface area (Å²) in [6.07, 6.45) is 1.33. The van der Waals surface area contributed by atoms with Crippen LogP contribution < -0.4 is 10.1 Å². The molecule has 0 unspecified atom stereocenters. The second kappa shape index (κ2) is 9.70. The average Bonchev–Trinajstić information content (AvgIpc) is 3.28. The second-order valence-corrected chi connectivity index (χ2v) is 10.3. The van der Waals surface area contributed by atoms with E-state index in [0.29, 0.717) is 43.8 Å². The Morgan fingerprint density at radius 2 is 1.89 bits per heavy atom. The fourth-order valence-electron chi connectivity index (χ4n) is 5.86. The molecule has 2 aliphatic heterocycles. The number of piperidine rings is 1. The van der Waals surface area contributed by atoms with E-state index in [4.69, 9.17) is 4.74 Å². The van der Waals surface area contributed by atoms with Crippen LogP contribution in [0, 0.1) is 5.82 Å². The number of H-pyrrole nitrogens is 1. The Balaban J connectivity index is 1.58. The minimum Gasteiger partial charge on any atom is -0.497 e. The van der Waals surface area contributed by atoms with Gasteiger partial charge in [-0.1, -0.05) is 0 Å². The number of aliphatic hydroxyl groups is 1. The Labute approximate surface area is 215 Å². The van der Waals surface area contributed by atoms with Crippen molar-refractivity contribution >= 4 is 22.8 Å². The first kappa shape index (κ1) is 25.1. The summed E-state index contributed by atoms with van der Waals surface area (Å²) in [7, 11) is 1.61. The quantitative estimate of drug-likeness (QED) is 0.497. The Morgan fingerprint density at radius 3 is 2.51 bits per heavy atom. The standard InChI is InChI=1S/C28H33FN4O4/c1-17(2)30-27(36)32-12-10-28(11-13-32)16-33(26(35)18-4-6-19(29)7-5-18)23(15-34)25-24(28)21-9-8-20(37-3)14-22(21)31-25/h4-9,14,17,23,31,34H,10-13,15-16H2,1-3H3,(H,30,36)/t23-/m1/s1. The zero-order chi connectivity index (χ0) is 26.3. The van der Waals surface area contributed by atoms with Gasteiger partial charge >= 0.3 is 6.03 Å². The van der Waals surface area contributed by atoms with Crippen molar-refractivity contribution in [2.45, 2.75) is 44.2 Å². The molecule has 2 aromatic carbocycles. The molecule has 37 heavy (non-hydrogen) atoms. The van der Waals surface area contributed by atoms with Crippen molar-refractivity contribution in [3.63, 3.8) is 0 Å². The van der Waals surface area contributed by atoms with Gasteiger partial charge in [0.05, 0.1) is 19.8 Å². The van der Waals surface area contributed by atoms with Gasteiger partial charge in [0.2, 0.25) is 0 Å². The van der Waals surface area contributed by atoms with Gasteiger partial charge in [-0.05, 0) is 68.7 Å². The van der Waals surface area contributed by atoms with Crippen LogP contribution in [0.25, 0.3) is 10.9 Å². The van der Waals surface area contributed by atoms with Crippen LogP contribution in [-0.4, -0.2) is 71.2 Å². The van der Waals surface area contributed by atoms with Crippen LogP contribution in [0.5, 0.6) is 5.75 Å². The number of aromatic amines is 1. The lowest BCUT2D eigenvalue weighted by atomic mass is 9.68. The fourth-order valence-corrected chi connectivity index (χ4v) is 5.86. The van der Waals surface area contributed by atoms with E-state index in [-0.39, 0.29) is 24.6 Å². The molecule has 1 saturated heterocycles. The Kier molecular flexibility index (Phi) is 6.58. The molecule has 0 saturated carbocycles. The van der Waals surface area contributed by atoms with Crippen molar-refractivity contribution in [2.75, 3.05) is 33.4 Å². The zero-order valence-corrected chi connectivity index (χ0v) is 21.4. The molecule has 9 heteroatoms. The number of hydrogen-bond donors (Lipinski definition) is 3. The molecule has 3 amide bonds. The number of likely N-dealkylation sites (tertiary alicyclic amines) is 1. The van der Waals surface area contributed by atoms with Crippen molar-refractivity contribution in [1.29, 1.82) is 0 Å². The number of carbonyl (C=O) groups is 2. The van der Waals surface area contributed by atoms with Crippen molar-refractivity contribution in [2.24, 2.45) is 0 Å². The highest BCUT2D eigenvalue weighted by atomic mass is 19.1. The maximum Gasteiger partial charge on any atom is 0.317 e. The third-order valence-electron chi connectivity index (χ3n) is 7.69. The van der Waals surface area contributed by atoms with E-state index in [0.717, 1.165) is 22.2 Å². The molecule has 1 fully saturated rings. The minimum atomic E-state index is -0.584. The molecule has 3 aromatic rings. The number of hydrogen-bond acceptors (Lipinski definition) is 4. The number of nitrogens with one attached hydrogen (secondary N) is 2. The number of aliphatic hydroxyl groups excluding tert-OH is 1. The van der Waals surface area contributed by atoms with Crippen LogP contribution in [0.1, 0.15) is 54.3 Å². The first-order valence-corrected chi connectivity index (χ1v) is 12.7. The summed E-state index contributed by atoms with van der Waals surface area (Å²) in [5.41, 5.74) is 2.71. The molecular weight excluding hydrogens is 475 g/mol. The van der Waals surface area contributed by atoms with Gasteiger partial charge < -0.3 is 29.9 Å². The number of ether oxygens (including phenoxy) is 1. The topological polar surface area (TPSA) is 97.9 Å². The molecule has 2 aliphatic rings. The number of benzene rings is 2. The lowest BCUT2D eigenvalue weighted by Gasteiger charge is -2.50. The molecule has 1 spiro atoms. The molecule has 1 aromatic heterocycles. The summed E-state index contributed by atoms with van der Waals surface area (Å²) in [5.74, 6) is 0.0321. The second-order valence-electron chi connectivity index (χ2n) is 10.3. The van der Waals surface area contributed by atoms with E-state index >= 15 is 0 Å². The van der Waals surface area contributed by atoms with Crippen LogP contribution in [0.15, 0.2) is 42.5 Å². The number of methoxy groups -OCH3 is 1. The molecular formula is C28H33FN4O4. The first-order valence-electron chi connectivity index (χ1n) is 12.7. The summed E-state index contributed by atoms with van der Waals surface area (Å²) < 4.78 is 19.0. The van der Waals surface area contributed by atoms with Gasteiger partial charge in [-0.15, -0.1) is 0 Å². The van der Waals surface area contributed by atoms with Crippen LogP contribution in [-0.2, 0) is 5.41 Å². The summed E-state index contributed by atoms with van der Waals surface area (Å²) in [6.45, 7) is 5.09. The summed E-state index contributed by atoms with van der Waals surface area (Å²) in [4.78, 5) is 33.4. The normalized spacial score (nSPS) is 18.8. The van der Waals surface area contributed by atoms with E-state index in [1.165, 1.54) is 24.3 Å². The van der Waals surface area contributed by atoms with E-state index in [9.17, 15) is 19.1 Å². The molecule has 196 valence electrons. The van der Waals surface area contributed by atoms with Crippen molar-refractivity contribution in [1.82, 2.24) is 20.1 Å².